The molecule has 7 heterocycles. The molecule has 3 unspecified atom stereocenters. The van der Waals surface area contributed by atoms with Gasteiger partial charge in [-0.25, -0.2) is 33.6 Å². The van der Waals surface area contributed by atoms with Gasteiger partial charge in [-0.3, -0.25) is 4.90 Å². The number of nitrogens with zero attached hydrogens (tertiary/aromatic N) is 6. The Hall–Kier alpha value is -7.24. The maximum Gasteiger partial charge on any atom is 1.00 e. The van der Waals surface area contributed by atoms with Gasteiger partial charge in [0.2, 0.25) is 0 Å². The molecule has 3 saturated carbocycles. The molecule has 2 bridgehead atoms. The van der Waals surface area contributed by atoms with E-state index in [1.54, 1.807) is 9.80 Å². The molecule has 33 heteroatoms. The van der Waals surface area contributed by atoms with E-state index in [-0.39, 0.29) is 114 Å². The Morgan fingerprint density at radius 2 is 0.750 bits per heavy atom. The number of rotatable bonds is 1. The molecule has 7 aliphatic heterocycles. The first kappa shape index (κ1) is 101. The van der Waals surface area contributed by atoms with E-state index in [2.05, 4.69) is 42.7 Å². The summed E-state index contributed by atoms with van der Waals surface area (Å²) in [5.74, 6) is -0.307. The number of ether oxygens (including phenoxy) is 7. The number of morpholine rings is 1. The molecule has 104 heavy (non-hydrogen) atoms. The molecule has 584 valence electrons. The number of halogens is 1. The van der Waals surface area contributed by atoms with Crippen molar-refractivity contribution in [2.45, 2.75) is 273 Å². The number of hydrogen-bond donors (Lipinski definition) is 0. The van der Waals surface area contributed by atoms with Crippen LogP contribution in [0.25, 0.3) is 0 Å². The fourth-order valence-electron chi connectivity index (χ4n) is 11.3. The molecule has 10 fully saturated rings. The molecule has 3 aliphatic carbocycles. The number of hydrogen-bond acceptors (Lipinski definition) is 25. The number of carbonyl (C=O) groups excluding carboxylic acids is 17. The number of esters is 1. The summed E-state index contributed by atoms with van der Waals surface area (Å²) in [6.45, 7) is 52.7. The van der Waals surface area contributed by atoms with Crippen LogP contribution in [0.15, 0.2) is 24.3 Å². The molecule has 0 aromatic heterocycles. The molecule has 0 aromatic carbocycles. The molecule has 7 saturated heterocycles. The van der Waals surface area contributed by atoms with Gasteiger partial charge in [0.15, 0.2) is 0 Å². The molecule has 1 N–H and O–H groups in total. The van der Waals surface area contributed by atoms with Crippen LogP contribution in [0.2, 0.25) is 0 Å². The molecule has 6 amide bonds. The molecule has 10 aliphatic rings. The molecular weight excluding hydrogens is 1470 g/mol. The van der Waals surface area contributed by atoms with Gasteiger partial charge >= 0.3 is 92.1 Å². The second-order valence-corrected chi connectivity index (χ2v) is 33.5. The van der Waals surface area contributed by atoms with Crippen LogP contribution in [-0.4, -0.2) is 229 Å². The van der Waals surface area contributed by atoms with Gasteiger partial charge in [-0.1, -0.05) is 46.9 Å². The average Bonchev–Trinajstić information content (AvgIpc) is 1.62. The first-order valence-corrected chi connectivity index (χ1v) is 35.2. The van der Waals surface area contributed by atoms with E-state index >= 15 is 0 Å². The van der Waals surface area contributed by atoms with Crippen LogP contribution < -0.4 is 18.9 Å². The zero-order valence-corrected chi connectivity index (χ0v) is 67.2. The van der Waals surface area contributed by atoms with Crippen molar-refractivity contribution >= 4 is 95.9 Å². The maximum atomic E-state index is 11.9. The quantitative estimate of drug-likeness (QED) is 0.0599. The van der Waals surface area contributed by atoms with Crippen LogP contribution in [0.3, 0.4) is 0 Å². The SMILES string of the molecule is C=C1CC(C)N(C(=O)OC(C)(C)C)C1.C=C1CCN(C(=O)OC(C)(C)C)C1.CC(C)(C)OC(=O)N1CCC2(CC2)C1.CC(C)(C)OC(=O)N1CCC2(CC2)C1.CC(C)(C)OC(=O)N1C[C@@]2(CI)CC1C(=O)O2.CC1CC2(CC2)CN1C(=O)OC(C)(C)C.O=C=O.O=C=O.O=C=O.O=C=O.O=C=O.[Li+].[OH-]. The predicted octanol–water partition coefficient (Wildman–Crippen LogP) is 8.00. The third-order valence-corrected chi connectivity index (χ3v) is 17.6. The average molecular weight is 1580 g/mol. The molecule has 0 radical (unpaired) electrons. The van der Waals surface area contributed by atoms with E-state index in [4.69, 9.17) is 81.1 Å². The Balaban J connectivity index is -0.00000113. The van der Waals surface area contributed by atoms with Crippen molar-refractivity contribution in [2.75, 3.05) is 63.3 Å². The van der Waals surface area contributed by atoms with E-state index in [0.717, 1.165) is 69.7 Å². The predicted molar refractivity (Wildman–Crippen MR) is 371 cm³/mol. The Labute approximate surface area is 637 Å². The topological polar surface area (TPSA) is 404 Å². The zero-order chi connectivity index (χ0) is 79.4. The van der Waals surface area contributed by atoms with E-state index < -0.39 is 34.5 Å². The second kappa shape index (κ2) is 43.4. The molecule has 3 spiro atoms. The number of amides is 6. The Morgan fingerprint density at radius 3 is 1.01 bits per heavy atom. The Kier molecular flexibility index (Phi) is 42.1. The Bertz CT molecular complexity index is 2900. The van der Waals surface area contributed by atoms with Crippen LogP contribution in [0.5, 0.6) is 0 Å². The number of alkyl halides is 1. The number of fused-ring (bicyclic) bond motifs is 2. The standard InChI is InChI=1S/C12H21NO2.C11H16INO4.3C11H19NO2.C10H17NO2.5CO2.Li.H2O/c1-9-7-12(5-6-12)8-13(9)10(14)15-11(2,3)4;1-10(2,3)17-9(15)13-6-11(5-12)4-7(13)8(14)16-11;2*1-10(2,3)14-9(13)12-7-6-11(8-12)4-5-11;1-8-6-9(2)12(7-8)10(13)14-11(3,4)5;1-8-5-6-11(7-8)9(12)13-10(2,3)4;5*2-1-3;;/h9H,5-8H2,1-4H3;7H,4-6H2,1-3H3;2*4-8H2,1-3H3;9H,1,6-7H2,2-5H3;1,5-7H2,2-4H3;;;;;;;1H2/q;;;;;;;;;;;+1;/p-1/t;7?,11-;;;;;;;;;;;/m.0.........../s1. The summed E-state index contributed by atoms with van der Waals surface area (Å²) < 4.78 is 37.9. The van der Waals surface area contributed by atoms with Gasteiger partial charge < -0.3 is 63.1 Å². The van der Waals surface area contributed by atoms with Crippen molar-refractivity contribution in [1.82, 2.24) is 29.4 Å². The fourth-order valence-corrected chi connectivity index (χ4v) is 12.0. The summed E-state index contributed by atoms with van der Waals surface area (Å²) >= 11 is 2.18. The summed E-state index contributed by atoms with van der Waals surface area (Å²) in [7, 11) is 0. The second-order valence-electron chi connectivity index (χ2n) is 32.8. The van der Waals surface area contributed by atoms with E-state index in [1.807, 2.05) is 146 Å². The van der Waals surface area contributed by atoms with Gasteiger partial charge in [0.05, 0.1) is 6.54 Å². The Morgan fingerprint density at radius 1 is 0.433 bits per heavy atom. The third-order valence-electron chi connectivity index (χ3n) is 16.2. The monoisotopic (exact) mass is 1580 g/mol. The van der Waals surface area contributed by atoms with Crippen molar-refractivity contribution in [2.24, 2.45) is 16.2 Å². The van der Waals surface area contributed by atoms with Gasteiger partial charge in [0, 0.05) is 75.3 Å². The van der Waals surface area contributed by atoms with Crippen LogP contribution in [0, 0.1) is 16.2 Å². The number of likely N-dealkylation sites (tertiary alicyclic amines) is 6. The number of carbonyl (C=O) groups is 7. The molecule has 4 atom stereocenters. The van der Waals surface area contributed by atoms with Gasteiger partial charge in [-0.2, -0.15) is 47.9 Å². The zero-order valence-electron chi connectivity index (χ0n) is 65.0. The van der Waals surface area contributed by atoms with Gasteiger partial charge in [0.25, 0.3) is 0 Å². The molecule has 10 rings (SSSR count). The minimum absolute atomic E-state index is 0. The van der Waals surface area contributed by atoms with Gasteiger partial charge in [0.1, 0.15) is 45.2 Å². The summed E-state index contributed by atoms with van der Waals surface area (Å²) in [5.41, 5.74) is 0.711. The summed E-state index contributed by atoms with van der Waals surface area (Å²) in [4.78, 5) is 174. The first-order valence-electron chi connectivity index (χ1n) is 33.7. The minimum atomic E-state index is -0.541. The molecule has 0 aromatic rings. The van der Waals surface area contributed by atoms with Gasteiger partial charge in [-0.05, 0) is 225 Å². The molecular formula is C71H112ILiN6O25. The third kappa shape index (κ3) is 39.8. The van der Waals surface area contributed by atoms with Crippen molar-refractivity contribution in [3.8, 4) is 0 Å². The van der Waals surface area contributed by atoms with Crippen molar-refractivity contribution in [1.29, 1.82) is 0 Å². The van der Waals surface area contributed by atoms with Gasteiger partial charge in [-0.15, -0.1) is 0 Å². The van der Waals surface area contributed by atoms with Crippen LogP contribution >= 0.6 is 22.6 Å². The normalized spacial score (nSPS) is 21.4. The minimum Gasteiger partial charge on any atom is -0.870 e. The van der Waals surface area contributed by atoms with Crippen LogP contribution in [0.1, 0.15) is 216 Å². The summed E-state index contributed by atoms with van der Waals surface area (Å²) in [6.07, 6.45) is 13.6. The molecule has 31 nitrogen and oxygen atoms in total. The maximum absolute atomic E-state index is 11.9. The van der Waals surface area contributed by atoms with Crippen molar-refractivity contribution in [3.05, 3.63) is 24.3 Å². The van der Waals surface area contributed by atoms with E-state index in [9.17, 15) is 33.6 Å². The van der Waals surface area contributed by atoms with Crippen LogP contribution in [0.4, 0.5) is 28.8 Å². The first-order chi connectivity index (χ1) is 46.6. The van der Waals surface area contributed by atoms with Crippen molar-refractivity contribution < 1.29 is 139 Å². The largest absolute Gasteiger partial charge is 1.00 e. The summed E-state index contributed by atoms with van der Waals surface area (Å²) in [6, 6.07) is 0.110. The van der Waals surface area contributed by atoms with Crippen LogP contribution in [-0.2, 0) is 85.9 Å². The van der Waals surface area contributed by atoms with Crippen molar-refractivity contribution in [3.63, 3.8) is 0 Å². The van der Waals surface area contributed by atoms with E-state index in [1.165, 1.54) is 56.3 Å². The van der Waals surface area contributed by atoms with E-state index in [0.29, 0.717) is 52.8 Å². The fraction of sp³-hybridized carbons (Fsp3) is 0.775. The summed E-state index contributed by atoms with van der Waals surface area (Å²) in [5, 5.41) is 0. The smallest absolute Gasteiger partial charge is 0.870 e.